The van der Waals surface area contributed by atoms with Crippen LogP contribution in [0.4, 0.5) is 4.39 Å². The molecular formula is C31H29F. The Morgan fingerprint density at radius 2 is 1.25 bits per heavy atom. The van der Waals surface area contributed by atoms with Crippen molar-refractivity contribution >= 4 is 0 Å². The highest BCUT2D eigenvalue weighted by Crippen LogP contribution is 2.30. The van der Waals surface area contributed by atoms with Gasteiger partial charge in [-0.3, -0.25) is 0 Å². The lowest BCUT2D eigenvalue weighted by atomic mass is 9.80. The van der Waals surface area contributed by atoms with Crippen molar-refractivity contribution in [1.82, 2.24) is 0 Å². The Morgan fingerprint density at radius 3 is 1.81 bits per heavy atom. The molecule has 0 unspecified atom stereocenters. The highest BCUT2D eigenvalue weighted by atomic mass is 19.1. The first-order valence-corrected chi connectivity index (χ1v) is 11.5. The maximum Gasteiger partial charge on any atom is 0.139 e. The maximum atomic E-state index is 14.6. The van der Waals surface area contributed by atoms with Gasteiger partial charge in [0.15, 0.2) is 0 Å². The Bertz CT molecular complexity index is 1170. The van der Waals surface area contributed by atoms with Crippen LogP contribution in [-0.2, 0) is 6.42 Å². The topological polar surface area (TPSA) is 0 Å². The molecule has 1 heteroatoms. The van der Waals surface area contributed by atoms with E-state index in [1.54, 1.807) is 6.07 Å². The van der Waals surface area contributed by atoms with Crippen molar-refractivity contribution in [1.29, 1.82) is 0 Å². The summed E-state index contributed by atoms with van der Waals surface area (Å²) in [5.41, 5.74) is 5.55. The summed E-state index contributed by atoms with van der Waals surface area (Å²) in [6, 6.07) is 21.5. The lowest BCUT2D eigenvalue weighted by molar-refractivity contribution is 0.289. The fourth-order valence-corrected chi connectivity index (χ4v) is 4.21. The molecule has 32 heavy (non-hydrogen) atoms. The Morgan fingerprint density at radius 1 is 0.719 bits per heavy atom. The van der Waals surface area contributed by atoms with Crippen molar-refractivity contribution in [2.45, 2.75) is 46.0 Å². The number of halogens is 1. The minimum atomic E-state index is -0.222. The SMILES string of the molecule is Cc1ccc(C#Cc2ccc(C#Cc3ccc(CC4CCC(C)CC4)cc3F)cc2)cc1. The summed E-state index contributed by atoms with van der Waals surface area (Å²) in [7, 11) is 0. The molecule has 1 aliphatic carbocycles. The lowest BCUT2D eigenvalue weighted by Crippen LogP contribution is -2.14. The average molecular weight is 421 g/mol. The van der Waals surface area contributed by atoms with Gasteiger partial charge < -0.3 is 0 Å². The second-order valence-electron chi connectivity index (χ2n) is 9.09. The Balaban J connectivity index is 1.39. The number of rotatable bonds is 2. The smallest absolute Gasteiger partial charge is 0.139 e. The summed E-state index contributed by atoms with van der Waals surface area (Å²) < 4.78 is 14.6. The van der Waals surface area contributed by atoms with Crippen molar-refractivity contribution in [2.24, 2.45) is 11.8 Å². The van der Waals surface area contributed by atoms with Crippen molar-refractivity contribution in [2.75, 3.05) is 0 Å². The molecule has 1 fully saturated rings. The molecular weight excluding hydrogens is 391 g/mol. The molecule has 3 aromatic rings. The zero-order valence-corrected chi connectivity index (χ0v) is 18.9. The van der Waals surface area contributed by atoms with Crippen molar-refractivity contribution in [3.05, 3.63) is 106 Å². The molecule has 0 saturated heterocycles. The normalized spacial score (nSPS) is 17.6. The van der Waals surface area contributed by atoms with Gasteiger partial charge in [-0.05, 0) is 92.1 Å². The molecule has 0 heterocycles. The molecule has 0 amide bonds. The second-order valence-corrected chi connectivity index (χ2v) is 9.09. The van der Waals surface area contributed by atoms with Gasteiger partial charge in [0.25, 0.3) is 0 Å². The van der Waals surface area contributed by atoms with E-state index in [1.165, 1.54) is 31.2 Å². The van der Waals surface area contributed by atoms with E-state index in [9.17, 15) is 4.39 Å². The van der Waals surface area contributed by atoms with E-state index in [0.29, 0.717) is 11.5 Å². The van der Waals surface area contributed by atoms with E-state index >= 15 is 0 Å². The predicted octanol–water partition coefficient (Wildman–Crippen LogP) is 7.30. The number of hydrogen-bond acceptors (Lipinski definition) is 0. The van der Waals surface area contributed by atoms with Crippen molar-refractivity contribution in [3.63, 3.8) is 0 Å². The molecule has 0 N–H and O–H groups in total. The van der Waals surface area contributed by atoms with Crippen LogP contribution in [0.3, 0.4) is 0 Å². The quantitative estimate of drug-likeness (QED) is 0.382. The first kappa shape index (κ1) is 21.9. The van der Waals surface area contributed by atoms with Gasteiger partial charge >= 0.3 is 0 Å². The van der Waals surface area contributed by atoms with Gasteiger partial charge in [0, 0.05) is 16.7 Å². The summed E-state index contributed by atoms with van der Waals surface area (Å²) in [4.78, 5) is 0. The molecule has 1 saturated carbocycles. The van der Waals surface area contributed by atoms with E-state index in [0.717, 1.165) is 34.6 Å². The zero-order valence-electron chi connectivity index (χ0n) is 18.9. The summed E-state index contributed by atoms with van der Waals surface area (Å²) in [5, 5.41) is 0. The monoisotopic (exact) mass is 420 g/mol. The largest absolute Gasteiger partial charge is 0.206 e. The molecule has 0 bridgehead atoms. The van der Waals surface area contributed by atoms with Crippen molar-refractivity contribution in [3.8, 4) is 23.7 Å². The van der Waals surface area contributed by atoms with E-state index in [4.69, 9.17) is 0 Å². The van der Waals surface area contributed by atoms with E-state index in [-0.39, 0.29) is 5.82 Å². The molecule has 0 spiro atoms. The van der Waals surface area contributed by atoms with Gasteiger partial charge in [-0.1, -0.05) is 67.2 Å². The van der Waals surface area contributed by atoms with Crippen LogP contribution in [0.2, 0.25) is 0 Å². The average Bonchev–Trinajstić information content (AvgIpc) is 2.80. The standard InChI is InChI=1S/C31H29F/c1-23-3-7-25(8-4-23)11-12-26-13-15-27(16-14-26)17-19-30-20-18-29(22-31(30)32)21-28-9-5-24(2)6-10-28/h3-4,7-8,13-16,18,20,22,24,28H,5-6,9-10,21H2,1-2H3. The third kappa shape index (κ3) is 6.12. The first-order valence-electron chi connectivity index (χ1n) is 11.5. The zero-order chi connectivity index (χ0) is 22.3. The molecule has 4 rings (SSSR count). The van der Waals surface area contributed by atoms with E-state index in [1.807, 2.05) is 48.5 Å². The summed E-state index contributed by atoms with van der Waals surface area (Å²) >= 11 is 0. The molecule has 3 aromatic carbocycles. The van der Waals surface area contributed by atoms with Crippen LogP contribution in [0.15, 0.2) is 66.7 Å². The minimum Gasteiger partial charge on any atom is -0.206 e. The van der Waals surface area contributed by atoms with Gasteiger partial charge in [0.1, 0.15) is 5.82 Å². The van der Waals surface area contributed by atoms with Crippen LogP contribution in [-0.4, -0.2) is 0 Å². The summed E-state index contributed by atoms with van der Waals surface area (Å²) in [5.74, 6) is 13.7. The lowest BCUT2D eigenvalue weighted by Gasteiger charge is -2.26. The maximum absolute atomic E-state index is 14.6. The first-order chi connectivity index (χ1) is 15.5. The summed E-state index contributed by atoms with van der Waals surface area (Å²) in [6.07, 6.45) is 6.09. The third-order valence-corrected chi connectivity index (χ3v) is 6.32. The minimum absolute atomic E-state index is 0.222. The van der Waals surface area contributed by atoms with Crippen LogP contribution in [0.25, 0.3) is 0 Å². The molecule has 1 aliphatic rings. The molecule has 0 radical (unpaired) electrons. The Labute approximate surface area is 191 Å². The summed E-state index contributed by atoms with van der Waals surface area (Å²) in [6.45, 7) is 4.39. The van der Waals surface area contributed by atoms with Crippen LogP contribution in [0, 0.1) is 48.3 Å². The highest BCUT2D eigenvalue weighted by molar-refractivity contribution is 5.48. The Kier molecular flexibility index (Phi) is 7.09. The van der Waals surface area contributed by atoms with Gasteiger partial charge in [0.2, 0.25) is 0 Å². The number of hydrogen-bond donors (Lipinski definition) is 0. The van der Waals surface area contributed by atoms with Crippen molar-refractivity contribution < 1.29 is 4.39 Å². The van der Waals surface area contributed by atoms with Gasteiger partial charge in [-0.15, -0.1) is 0 Å². The van der Waals surface area contributed by atoms with Crippen LogP contribution in [0.1, 0.15) is 66.0 Å². The molecule has 0 atom stereocenters. The second kappa shape index (κ2) is 10.3. The van der Waals surface area contributed by atoms with Gasteiger partial charge in [-0.25, -0.2) is 4.39 Å². The predicted molar refractivity (Wildman–Crippen MR) is 131 cm³/mol. The molecule has 160 valence electrons. The fourth-order valence-electron chi connectivity index (χ4n) is 4.21. The van der Waals surface area contributed by atoms with Gasteiger partial charge in [0.05, 0.1) is 5.56 Å². The number of aryl methyl sites for hydroxylation is 1. The van der Waals surface area contributed by atoms with E-state index in [2.05, 4.69) is 49.7 Å². The number of benzene rings is 3. The molecule has 0 aromatic heterocycles. The van der Waals surface area contributed by atoms with E-state index < -0.39 is 0 Å². The van der Waals surface area contributed by atoms with Crippen LogP contribution >= 0.6 is 0 Å². The third-order valence-electron chi connectivity index (χ3n) is 6.32. The van der Waals surface area contributed by atoms with Crippen LogP contribution in [0.5, 0.6) is 0 Å². The van der Waals surface area contributed by atoms with Crippen LogP contribution < -0.4 is 0 Å². The Hall–Kier alpha value is -3.29. The fraction of sp³-hybridized carbons (Fsp3) is 0.290. The molecule has 0 nitrogen and oxygen atoms in total. The highest BCUT2D eigenvalue weighted by Gasteiger charge is 2.18. The van der Waals surface area contributed by atoms with Gasteiger partial charge in [-0.2, -0.15) is 0 Å². The molecule has 0 aliphatic heterocycles.